The molecule has 2 nitrogen and oxygen atoms in total. The Morgan fingerprint density at radius 2 is 1.95 bits per heavy atom. The van der Waals surface area contributed by atoms with Gasteiger partial charge in [-0.15, -0.1) is 0 Å². The lowest BCUT2D eigenvalue weighted by Gasteiger charge is -2.30. The predicted molar refractivity (Wildman–Crippen MR) is 77.0 cm³/mol. The molecule has 3 heteroatoms. The van der Waals surface area contributed by atoms with Crippen LogP contribution in [0.1, 0.15) is 37.7 Å². The van der Waals surface area contributed by atoms with Crippen molar-refractivity contribution < 1.29 is 4.79 Å². The molecule has 1 atom stereocenters. The summed E-state index contributed by atoms with van der Waals surface area (Å²) < 4.78 is 0. The smallest absolute Gasteiger partial charge is 0.161 e. The fraction of sp³-hybridized carbons (Fsp3) is 0.312. The lowest BCUT2D eigenvalue weighted by atomic mass is 9.80. The number of rotatable bonds is 1. The van der Waals surface area contributed by atoms with Crippen LogP contribution in [0.5, 0.6) is 0 Å². The Morgan fingerprint density at radius 1 is 1.21 bits per heavy atom. The molecule has 0 spiro atoms. The summed E-state index contributed by atoms with van der Waals surface area (Å²) in [5, 5.41) is 4.08. The largest absolute Gasteiger partial charge is 0.362 e. The Labute approximate surface area is 118 Å². The maximum atomic E-state index is 12.2. The second kappa shape index (κ2) is 4.86. The van der Waals surface area contributed by atoms with E-state index in [1.165, 1.54) is 0 Å². The molecule has 0 saturated heterocycles. The minimum Gasteiger partial charge on any atom is -0.362 e. The second-order valence-electron chi connectivity index (χ2n) is 5.17. The molecule has 2 aliphatic rings. The third-order valence-corrected chi connectivity index (χ3v) is 4.01. The van der Waals surface area contributed by atoms with E-state index in [4.69, 9.17) is 11.6 Å². The standard InChI is InChI=1S/C16H16ClNO/c1-10-9-13(11-5-7-12(17)8-6-11)16-14(18-10)3-2-4-15(16)19/h5-9,13,18H,2-4H2,1H3. The average Bonchev–Trinajstić information content (AvgIpc) is 2.38. The highest BCUT2D eigenvalue weighted by Gasteiger charge is 2.30. The van der Waals surface area contributed by atoms with Crippen LogP contribution in [-0.2, 0) is 4.79 Å². The fourth-order valence-corrected chi connectivity index (χ4v) is 3.03. The van der Waals surface area contributed by atoms with Gasteiger partial charge in [0.1, 0.15) is 0 Å². The molecule has 1 aliphatic carbocycles. The molecule has 0 aromatic heterocycles. The van der Waals surface area contributed by atoms with E-state index in [0.717, 1.165) is 40.4 Å². The molecule has 0 bridgehead atoms. The molecule has 1 aliphatic heterocycles. The SMILES string of the molecule is CC1=CC(c2ccc(Cl)cc2)C2=C(CCCC2=O)N1. The first-order valence-electron chi connectivity index (χ1n) is 6.62. The van der Waals surface area contributed by atoms with Crippen molar-refractivity contribution in [1.29, 1.82) is 0 Å². The Hall–Kier alpha value is -1.54. The molecule has 1 heterocycles. The molecule has 1 aromatic rings. The normalized spacial score (nSPS) is 22.7. The lowest BCUT2D eigenvalue weighted by Crippen LogP contribution is -2.28. The maximum absolute atomic E-state index is 12.2. The number of carbonyl (C=O) groups excluding carboxylic acids is 1. The number of ketones is 1. The summed E-state index contributed by atoms with van der Waals surface area (Å²) in [5.41, 5.74) is 4.30. The van der Waals surface area contributed by atoms with Gasteiger partial charge in [0.15, 0.2) is 5.78 Å². The number of hydrogen-bond donors (Lipinski definition) is 1. The number of hydrogen-bond acceptors (Lipinski definition) is 2. The summed E-state index contributed by atoms with van der Waals surface area (Å²) >= 11 is 5.94. The van der Waals surface area contributed by atoms with Crippen molar-refractivity contribution >= 4 is 17.4 Å². The van der Waals surface area contributed by atoms with E-state index in [0.29, 0.717) is 6.42 Å². The number of dihydropyridines is 1. The highest BCUT2D eigenvalue weighted by molar-refractivity contribution is 6.30. The van der Waals surface area contributed by atoms with Crippen molar-refractivity contribution in [2.75, 3.05) is 0 Å². The van der Waals surface area contributed by atoms with Gasteiger partial charge in [-0.1, -0.05) is 29.8 Å². The first kappa shape index (κ1) is 12.5. The van der Waals surface area contributed by atoms with Crippen LogP contribution in [-0.4, -0.2) is 5.78 Å². The molecule has 0 radical (unpaired) electrons. The van der Waals surface area contributed by atoms with Crippen molar-refractivity contribution in [1.82, 2.24) is 5.32 Å². The van der Waals surface area contributed by atoms with Crippen molar-refractivity contribution in [2.24, 2.45) is 0 Å². The highest BCUT2D eigenvalue weighted by atomic mass is 35.5. The van der Waals surface area contributed by atoms with Gasteiger partial charge in [-0.2, -0.15) is 0 Å². The highest BCUT2D eigenvalue weighted by Crippen LogP contribution is 2.37. The fourth-order valence-electron chi connectivity index (χ4n) is 2.90. The number of Topliss-reactive ketones (excluding diaryl/α,β-unsaturated/α-hetero) is 1. The van der Waals surface area contributed by atoms with E-state index in [1.807, 2.05) is 31.2 Å². The van der Waals surface area contributed by atoms with E-state index in [2.05, 4.69) is 11.4 Å². The van der Waals surface area contributed by atoms with Crippen molar-refractivity contribution in [3.8, 4) is 0 Å². The lowest BCUT2D eigenvalue weighted by molar-refractivity contribution is -0.116. The van der Waals surface area contributed by atoms with Gasteiger partial charge < -0.3 is 5.32 Å². The molecule has 0 fully saturated rings. The summed E-state index contributed by atoms with van der Waals surface area (Å²) in [7, 11) is 0. The predicted octanol–water partition coefficient (Wildman–Crippen LogP) is 3.94. The van der Waals surface area contributed by atoms with Crippen LogP contribution in [0.4, 0.5) is 0 Å². The quantitative estimate of drug-likeness (QED) is 0.840. The number of allylic oxidation sites excluding steroid dienone is 4. The van der Waals surface area contributed by atoms with Crippen LogP contribution in [0.2, 0.25) is 5.02 Å². The van der Waals surface area contributed by atoms with Crippen molar-refractivity contribution in [3.63, 3.8) is 0 Å². The number of nitrogens with one attached hydrogen (secondary N) is 1. The molecular formula is C16H16ClNO. The summed E-state index contributed by atoms with van der Waals surface area (Å²) in [4.78, 5) is 12.2. The van der Waals surface area contributed by atoms with Gasteiger partial charge in [0.25, 0.3) is 0 Å². The molecule has 1 N–H and O–H groups in total. The van der Waals surface area contributed by atoms with E-state index in [-0.39, 0.29) is 11.7 Å². The zero-order valence-electron chi connectivity index (χ0n) is 10.9. The molecule has 1 aromatic carbocycles. The minimum atomic E-state index is 0.0707. The number of benzene rings is 1. The minimum absolute atomic E-state index is 0.0707. The Balaban J connectivity index is 2.06. The van der Waals surface area contributed by atoms with Gasteiger partial charge >= 0.3 is 0 Å². The molecule has 0 saturated carbocycles. The van der Waals surface area contributed by atoms with Gasteiger partial charge in [0.2, 0.25) is 0 Å². The van der Waals surface area contributed by atoms with E-state index < -0.39 is 0 Å². The van der Waals surface area contributed by atoms with E-state index in [1.54, 1.807) is 0 Å². The van der Waals surface area contributed by atoms with Crippen LogP contribution >= 0.6 is 11.6 Å². The van der Waals surface area contributed by atoms with E-state index in [9.17, 15) is 4.79 Å². The van der Waals surface area contributed by atoms with Crippen molar-refractivity contribution in [3.05, 3.63) is 57.9 Å². The van der Waals surface area contributed by atoms with Crippen molar-refractivity contribution in [2.45, 2.75) is 32.1 Å². The van der Waals surface area contributed by atoms with Gasteiger partial charge in [0.05, 0.1) is 0 Å². The number of carbonyl (C=O) groups is 1. The van der Waals surface area contributed by atoms with Crippen LogP contribution in [0, 0.1) is 0 Å². The number of halogens is 1. The summed E-state index contributed by atoms with van der Waals surface area (Å²) in [6.07, 6.45) is 4.71. The molecular weight excluding hydrogens is 258 g/mol. The van der Waals surface area contributed by atoms with E-state index >= 15 is 0 Å². The van der Waals surface area contributed by atoms with Gasteiger partial charge in [-0.3, -0.25) is 4.79 Å². The first-order chi connectivity index (χ1) is 9.15. The molecule has 0 amide bonds. The van der Waals surface area contributed by atoms with Gasteiger partial charge in [-0.25, -0.2) is 0 Å². The zero-order valence-corrected chi connectivity index (χ0v) is 11.6. The third-order valence-electron chi connectivity index (χ3n) is 3.76. The summed E-state index contributed by atoms with van der Waals surface area (Å²) in [6, 6.07) is 7.79. The summed E-state index contributed by atoms with van der Waals surface area (Å²) in [6.45, 7) is 2.05. The zero-order chi connectivity index (χ0) is 13.4. The third kappa shape index (κ3) is 2.33. The topological polar surface area (TPSA) is 29.1 Å². The molecule has 19 heavy (non-hydrogen) atoms. The van der Waals surface area contributed by atoms with Crippen LogP contribution in [0.25, 0.3) is 0 Å². The van der Waals surface area contributed by atoms with Gasteiger partial charge in [0, 0.05) is 34.3 Å². The van der Waals surface area contributed by atoms with Crippen LogP contribution in [0.3, 0.4) is 0 Å². The molecule has 3 rings (SSSR count). The average molecular weight is 274 g/mol. The molecule has 1 unspecified atom stereocenters. The Morgan fingerprint density at radius 3 is 2.68 bits per heavy atom. The van der Waals surface area contributed by atoms with Crippen LogP contribution < -0.4 is 5.32 Å². The van der Waals surface area contributed by atoms with Gasteiger partial charge in [-0.05, 0) is 37.5 Å². The maximum Gasteiger partial charge on any atom is 0.161 e. The monoisotopic (exact) mass is 273 g/mol. The van der Waals surface area contributed by atoms with Crippen LogP contribution in [0.15, 0.2) is 47.3 Å². The second-order valence-corrected chi connectivity index (χ2v) is 5.61. The Bertz CT molecular complexity index is 583. The first-order valence-corrected chi connectivity index (χ1v) is 7.00. The summed E-state index contributed by atoms with van der Waals surface area (Å²) in [5.74, 6) is 0.346. The Kier molecular flexibility index (Phi) is 3.19. The molecule has 98 valence electrons.